The Morgan fingerprint density at radius 2 is 1.66 bits per heavy atom. The van der Waals surface area contributed by atoms with Gasteiger partial charge in [-0.1, -0.05) is 18.2 Å². The highest BCUT2D eigenvalue weighted by Gasteiger charge is 2.22. The molecule has 1 fully saturated rings. The zero-order valence-electron chi connectivity index (χ0n) is 19.9. The van der Waals surface area contributed by atoms with Crippen molar-refractivity contribution >= 4 is 15.9 Å². The van der Waals surface area contributed by atoms with Gasteiger partial charge in [-0.15, -0.1) is 0 Å². The maximum Gasteiger partial charge on any atom is 0.264 e. The van der Waals surface area contributed by atoms with Crippen LogP contribution in [0, 0.1) is 0 Å². The summed E-state index contributed by atoms with van der Waals surface area (Å²) in [6.45, 7) is 0. The average Bonchev–Trinajstić information content (AvgIpc) is 3.35. The summed E-state index contributed by atoms with van der Waals surface area (Å²) in [5.41, 5.74) is 3.46. The van der Waals surface area contributed by atoms with Crippen LogP contribution in [0.3, 0.4) is 0 Å². The van der Waals surface area contributed by atoms with Crippen molar-refractivity contribution in [2.45, 2.75) is 44.1 Å². The van der Waals surface area contributed by atoms with Gasteiger partial charge >= 0.3 is 0 Å². The predicted octanol–water partition coefficient (Wildman–Crippen LogP) is 4.48. The molecule has 1 aromatic heterocycles. The van der Waals surface area contributed by atoms with E-state index in [9.17, 15) is 13.2 Å². The van der Waals surface area contributed by atoms with E-state index in [1.165, 1.54) is 12.8 Å². The monoisotopic (exact) mass is 494 g/mol. The van der Waals surface area contributed by atoms with Gasteiger partial charge in [0.1, 0.15) is 0 Å². The number of ether oxygens (including phenoxy) is 2. The fraction of sp³-hybridized carbons (Fsp3) is 0.333. The first-order chi connectivity index (χ1) is 16.8. The molecule has 0 aliphatic heterocycles. The normalized spacial score (nSPS) is 14.9. The van der Waals surface area contributed by atoms with Gasteiger partial charge in [0.25, 0.3) is 5.91 Å². The van der Waals surface area contributed by atoms with Crippen LogP contribution >= 0.6 is 0 Å². The molecule has 8 heteroatoms. The summed E-state index contributed by atoms with van der Waals surface area (Å²) in [4.78, 5) is 16.4. The summed E-state index contributed by atoms with van der Waals surface area (Å²) in [5, 5.41) is 0. The molecule has 0 spiro atoms. The van der Waals surface area contributed by atoms with Crippen molar-refractivity contribution in [3.63, 3.8) is 0 Å². The number of hydrogen-bond acceptors (Lipinski definition) is 6. The molecule has 7 nitrogen and oxygen atoms in total. The maximum atomic E-state index is 12.3. The molecule has 3 aromatic rings. The maximum absolute atomic E-state index is 12.3. The lowest BCUT2D eigenvalue weighted by Crippen LogP contribution is -2.29. The first kappa shape index (κ1) is 24.7. The van der Waals surface area contributed by atoms with Crippen LogP contribution in [0.15, 0.2) is 67.0 Å². The van der Waals surface area contributed by atoms with Crippen molar-refractivity contribution in [2.75, 3.05) is 13.4 Å². The molecule has 184 valence electrons. The minimum absolute atomic E-state index is 0.0266. The molecule has 1 heterocycles. The Morgan fingerprint density at radius 3 is 2.29 bits per heavy atom. The first-order valence-electron chi connectivity index (χ1n) is 11.7. The van der Waals surface area contributed by atoms with Gasteiger partial charge in [-0.3, -0.25) is 9.78 Å². The summed E-state index contributed by atoms with van der Waals surface area (Å²) >= 11 is 0. The van der Waals surface area contributed by atoms with Crippen LogP contribution in [0.5, 0.6) is 11.5 Å². The average molecular weight is 495 g/mol. The van der Waals surface area contributed by atoms with E-state index in [0.717, 1.165) is 41.5 Å². The van der Waals surface area contributed by atoms with Crippen molar-refractivity contribution in [1.29, 1.82) is 0 Å². The Balaban J connectivity index is 1.67. The van der Waals surface area contributed by atoms with Gasteiger partial charge < -0.3 is 9.47 Å². The number of benzene rings is 2. The Labute approximate surface area is 206 Å². The fourth-order valence-electron chi connectivity index (χ4n) is 4.46. The van der Waals surface area contributed by atoms with Crippen LogP contribution in [-0.2, 0) is 16.4 Å². The standard InChI is InChI=1S/C27H30N2O5S/c1-33-25-12-11-22(18-26(25)34-23-5-3-4-6-23)24(17-19-13-15-28-16-14-19)20-7-9-21(10-8-20)27(30)29-35(2,31)32/h7-16,18,23-24H,3-6,17H2,1-2H3,(H,29,30)/t24-/m1/s1. The van der Waals surface area contributed by atoms with Crippen LogP contribution in [-0.4, -0.2) is 38.8 Å². The Hall–Kier alpha value is -3.39. The zero-order chi connectivity index (χ0) is 24.8. The molecule has 1 aliphatic carbocycles. The second-order valence-corrected chi connectivity index (χ2v) is 10.6. The third-order valence-corrected chi connectivity index (χ3v) is 6.78. The van der Waals surface area contributed by atoms with E-state index in [4.69, 9.17) is 9.47 Å². The number of sulfonamides is 1. The molecule has 1 amide bonds. The molecule has 4 rings (SSSR count). The lowest BCUT2D eigenvalue weighted by Gasteiger charge is -2.22. The number of nitrogens with one attached hydrogen (secondary N) is 1. The summed E-state index contributed by atoms with van der Waals surface area (Å²) < 4.78 is 36.8. The molecule has 1 aliphatic rings. The van der Waals surface area contributed by atoms with Gasteiger partial charge in [0.2, 0.25) is 10.0 Å². The highest BCUT2D eigenvalue weighted by Crippen LogP contribution is 2.37. The second kappa shape index (κ2) is 10.9. The number of carbonyl (C=O) groups excluding carboxylic acids is 1. The molecule has 0 radical (unpaired) electrons. The van der Waals surface area contributed by atoms with E-state index in [1.807, 2.05) is 47.2 Å². The van der Waals surface area contributed by atoms with Crippen molar-refractivity contribution in [1.82, 2.24) is 9.71 Å². The largest absolute Gasteiger partial charge is 0.493 e. The molecule has 1 atom stereocenters. The number of carbonyl (C=O) groups is 1. The van der Waals surface area contributed by atoms with E-state index in [1.54, 1.807) is 31.6 Å². The predicted molar refractivity (Wildman–Crippen MR) is 134 cm³/mol. The van der Waals surface area contributed by atoms with Crippen molar-refractivity contribution in [3.8, 4) is 11.5 Å². The van der Waals surface area contributed by atoms with Gasteiger partial charge in [-0.2, -0.15) is 0 Å². The first-order valence-corrected chi connectivity index (χ1v) is 13.6. The second-order valence-electron chi connectivity index (χ2n) is 8.87. The number of pyridine rings is 1. The number of rotatable bonds is 9. The number of methoxy groups -OCH3 is 1. The molecular formula is C27H30N2O5S. The lowest BCUT2D eigenvalue weighted by molar-refractivity contribution is 0.0981. The molecule has 0 unspecified atom stereocenters. The summed E-state index contributed by atoms with van der Waals surface area (Å²) in [6, 6.07) is 17.0. The lowest BCUT2D eigenvalue weighted by atomic mass is 9.85. The van der Waals surface area contributed by atoms with Gasteiger partial charge in [-0.25, -0.2) is 13.1 Å². The molecule has 2 aromatic carbocycles. The Bertz CT molecular complexity index is 1250. The summed E-state index contributed by atoms with van der Waals surface area (Å²) in [7, 11) is -1.99. The van der Waals surface area contributed by atoms with Crippen LogP contribution in [0.2, 0.25) is 0 Å². The molecular weight excluding hydrogens is 464 g/mol. The van der Waals surface area contributed by atoms with Crippen LogP contribution < -0.4 is 14.2 Å². The van der Waals surface area contributed by atoms with E-state index in [0.29, 0.717) is 12.2 Å². The molecule has 0 saturated heterocycles. The van der Waals surface area contributed by atoms with Gasteiger partial charge in [0.05, 0.1) is 19.5 Å². The molecule has 35 heavy (non-hydrogen) atoms. The SMILES string of the molecule is COc1ccc([C@H](Cc2ccncc2)c2ccc(C(=O)NS(C)(=O)=O)cc2)cc1OC1CCCC1. The minimum atomic E-state index is -3.63. The molecule has 1 N–H and O–H groups in total. The van der Waals surface area contributed by atoms with Gasteiger partial charge in [0, 0.05) is 23.9 Å². The fourth-order valence-corrected chi connectivity index (χ4v) is 4.92. The zero-order valence-corrected chi connectivity index (χ0v) is 20.8. The quantitative estimate of drug-likeness (QED) is 0.472. The number of nitrogens with zero attached hydrogens (tertiary/aromatic N) is 1. The van der Waals surface area contributed by atoms with E-state index < -0.39 is 15.9 Å². The van der Waals surface area contributed by atoms with Gasteiger partial charge in [-0.05, 0) is 85.2 Å². The minimum Gasteiger partial charge on any atom is -0.493 e. The van der Waals surface area contributed by atoms with E-state index in [-0.39, 0.29) is 17.6 Å². The topological polar surface area (TPSA) is 94.6 Å². The van der Waals surface area contributed by atoms with Crippen molar-refractivity contribution < 1.29 is 22.7 Å². The highest BCUT2D eigenvalue weighted by molar-refractivity contribution is 7.89. The Kier molecular flexibility index (Phi) is 7.70. The molecule has 0 bridgehead atoms. The summed E-state index contributed by atoms with van der Waals surface area (Å²) in [6.07, 6.45) is 9.86. The van der Waals surface area contributed by atoms with Gasteiger partial charge in [0.15, 0.2) is 11.5 Å². The van der Waals surface area contributed by atoms with Crippen molar-refractivity contribution in [3.05, 3.63) is 89.2 Å². The third kappa shape index (κ3) is 6.60. The highest BCUT2D eigenvalue weighted by atomic mass is 32.2. The van der Waals surface area contributed by atoms with E-state index >= 15 is 0 Å². The van der Waals surface area contributed by atoms with E-state index in [2.05, 4.69) is 4.98 Å². The van der Waals surface area contributed by atoms with Crippen LogP contribution in [0.25, 0.3) is 0 Å². The summed E-state index contributed by atoms with van der Waals surface area (Å²) in [5.74, 6) is 0.763. The van der Waals surface area contributed by atoms with Crippen LogP contribution in [0.4, 0.5) is 0 Å². The third-order valence-electron chi connectivity index (χ3n) is 6.23. The number of aromatic nitrogens is 1. The Morgan fingerprint density at radius 1 is 1.00 bits per heavy atom. The number of amides is 1. The van der Waals surface area contributed by atoms with Crippen molar-refractivity contribution in [2.24, 2.45) is 0 Å². The molecule has 1 saturated carbocycles. The number of hydrogen-bond donors (Lipinski definition) is 1. The van der Waals surface area contributed by atoms with Crippen LogP contribution in [0.1, 0.15) is 58.6 Å². The smallest absolute Gasteiger partial charge is 0.264 e.